The number of halogens is 45. The fraction of sp³-hybridized carbons (Fsp3) is 0.0370. The van der Waals surface area contributed by atoms with Crippen molar-refractivity contribution in [1.29, 1.82) is 0 Å². The fourth-order valence-electron chi connectivity index (χ4n) is 14.5. The van der Waals surface area contributed by atoms with Crippen LogP contribution in [0.15, 0.2) is 91.4 Å². The fourth-order valence-corrected chi connectivity index (χ4v) is 14.5. The Labute approximate surface area is 715 Å². The average Bonchev–Trinajstić information content (AvgIpc) is 0.885. The third kappa shape index (κ3) is 13.4. The monoisotopic (exact) mass is 1990 g/mol. The summed E-state index contributed by atoms with van der Waals surface area (Å²) in [6, 6.07) is 2.91. The average molecular weight is 1990 g/mol. The van der Waals surface area contributed by atoms with Crippen molar-refractivity contribution >= 4 is 40.0 Å². The van der Waals surface area contributed by atoms with E-state index < -0.39 is 386 Å². The number of rotatable bonds is 21. The predicted octanol–water partition coefficient (Wildman–Crippen LogP) is 23.6. The maximum Gasteiger partial charge on any atom is 0.926 e. The Kier molecular flexibility index (Phi) is 23.6. The molecular weight excluding hydrogens is 1980 g/mol. The molecule has 0 fully saturated rings. The molecular formula is C81H15BF45N3O6. The summed E-state index contributed by atoms with van der Waals surface area (Å²) in [6.07, 6.45) is 0.592. The molecule has 0 saturated carbocycles. The maximum absolute atomic E-state index is 16.8. The zero-order valence-corrected chi connectivity index (χ0v) is 63.0. The molecule has 136 heavy (non-hydrogen) atoms. The number of hydrogen-bond acceptors (Lipinski definition) is 6. The Morgan fingerprint density at radius 1 is 0.154 bits per heavy atom. The van der Waals surface area contributed by atoms with Crippen molar-refractivity contribution in [3.05, 3.63) is 403 Å². The van der Waals surface area contributed by atoms with Gasteiger partial charge in [-0.15, -0.1) is 0 Å². The Morgan fingerprint density at radius 2 is 0.272 bits per heavy atom. The highest BCUT2D eigenvalue weighted by Crippen LogP contribution is 2.57. The van der Waals surface area contributed by atoms with Gasteiger partial charge in [0, 0.05) is 34.7 Å². The van der Waals surface area contributed by atoms with Gasteiger partial charge in [-0.2, -0.15) is 0 Å². The summed E-state index contributed by atoms with van der Waals surface area (Å²) >= 11 is 0. The summed E-state index contributed by atoms with van der Waals surface area (Å²) in [7, 11) is -3.50. The van der Waals surface area contributed by atoms with Gasteiger partial charge in [0.05, 0.1) is 66.6 Å². The molecule has 0 saturated heterocycles. The molecule has 0 aliphatic rings. The number of aromatic nitrogens is 3. The first-order chi connectivity index (χ1) is 63.7. The number of nitrogens with zero attached hydrogens (tertiary/aromatic N) is 3. The van der Waals surface area contributed by atoms with Crippen LogP contribution in [0.2, 0.25) is 0 Å². The summed E-state index contributed by atoms with van der Waals surface area (Å²) < 4.78 is 753. The van der Waals surface area contributed by atoms with Gasteiger partial charge in [0.1, 0.15) is 17.2 Å². The molecule has 9 nitrogen and oxygen atoms in total. The van der Waals surface area contributed by atoms with Crippen LogP contribution in [0, 0.1) is 262 Å². The van der Waals surface area contributed by atoms with E-state index in [0.717, 1.165) is 0 Å². The third-order valence-electron chi connectivity index (χ3n) is 20.4. The molecule has 0 amide bonds. The van der Waals surface area contributed by atoms with Crippen LogP contribution in [0.3, 0.4) is 0 Å². The predicted molar refractivity (Wildman–Crippen MR) is 359 cm³/mol. The van der Waals surface area contributed by atoms with Crippen molar-refractivity contribution in [3.8, 4) is 17.2 Å². The van der Waals surface area contributed by atoms with Crippen molar-refractivity contribution in [2.24, 2.45) is 0 Å². The van der Waals surface area contributed by atoms with E-state index in [1.807, 2.05) is 0 Å². The zero-order valence-electron chi connectivity index (χ0n) is 63.0. The first-order valence-electron chi connectivity index (χ1n) is 35.3. The molecule has 0 aliphatic heterocycles. The molecule has 3 heterocycles. The second-order valence-electron chi connectivity index (χ2n) is 27.5. The van der Waals surface area contributed by atoms with Gasteiger partial charge in [-0.1, -0.05) is 18.2 Å². The molecule has 0 N–H and O–H groups in total. The summed E-state index contributed by atoms with van der Waals surface area (Å²) in [4.78, 5) is 0. The van der Waals surface area contributed by atoms with E-state index in [-0.39, 0.29) is 87.4 Å². The second kappa shape index (κ2) is 33.6. The molecule has 55 heteroatoms. The Hall–Kier alpha value is -15.0. The maximum atomic E-state index is 16.8. The minimum absolute atomic E-state index is 0.0592. The number of hydrogen-bond donors (Lipinski definition) is 0. The van der Waals surface area contributed by atoms with Crippen molar-refractivity contribution in [2.45, 2.75) is 16.8 Å². The molecule has 0 atom stereocenters. The SMILES string of the molecule is Fc1c(F)c(F)c(C(Oc2cccc3c2ccn3OB(On2ccc3c(OC(c4c(F)c(F)c(F)c(F)c4F)(c4c(F)c(F)c(F)c(F)c4F)c4c(F)c(F)c(F)c(F)c4F)cccc32)On2ccc3c(OC(c4c(F)c(F)c(F)c(F)c4F)(c4c(F)c(F)c(F)c(F)c4F)c4c(F)c(F)c(F)c(F)c4F)cccc32)(c2c(F)c(F)c(F)c(F)c2F)c2c(F)c(F)c(F)c(F)c2F)c(F)c1F. The molecule has 708 valence electrons. The standard InChI is InChI=1S/C81H15BF45N3O6/c83-34-25(35(84)53(102)70(119)52(34)101)79(26-36(85)54(103)71(120)55(104)37(26)86,27-38(87)56(105)72(121)57(106)39(27)88)131-22-7-1-4-19-16(22)10-13-128(19)134-82(135-129-14-11-17-20(129)5-2-8-23(17)132-80(28-40(89)58(107)73(122)59(108)41(28)90,29-42(91)60(109)74(123)61(110)43(29)92)30-44(93)62(111)75(124)63(112)45(30)94)136-130-15-12-18-21(130)6-3-9-24(18)133-81(31-46(95)64(113)76(125)65(114)47(31)96,32-48(97)66(115)77(126)67(116)49(32)98)33-50(99)68(117)78(127)69(118)51(33)100/h1-15H. The quantitative estimate of drug-likeness (QED) is 0.0235. The molecule has 12 aromatic carbocycles. The highest BCUT2D eigenvalue weighted by atomic mass is 19.2. The molecule has 0 radical (unpaired) electrons. The van der Waals surface area contributed by atoms with Crippen molar-refractivity contribution in [3.63, 3.8) is 0 Å². The van der Waals surface area contributed by atoms with Crippen molar-refractivity contribution in [1.82, 2.24) is 14.2 Å². The molecule has 0 spiro atoms. The first-order valence-corrected chi connectivity index (χ1v) is 35.3. The van der Waals surface area contributed by atoms with Gasteiger partial charge in [0.15, 0.2) is 209 Å². The van der Waals surface area contributed by atoms with Crippen LogP contribution in [-0.2, 0) is 16.8 Å². The van der Waals surface area contributed by atoms with E-state index in [4.69, 9.17) is 28.5 Å². The van der Waals surface area contributed by atoms with E-state index in [1.165, 1.54) is 0 Å². The van der Waals surface area contributed by atoms with E-state index in [2.05, 4.69) is 0 Å². The Balaban J connectivity index is 0.990. The lowest BCUT2D eigenvalue weighted by molar-refractivity contribution is 0.0791. The lowest BCUT2D eigenvalue weighted by atomic mass is 9.77. The van der Waals surface area contributed by atoms with Crippen LogP contribution in [0.5, 0.6) is 17.2 Å². The van der Waals surface area contributed by atoms with E-state index in [1.54, 1.807) is 0 Å². The minimum Gasteiger partial charge on any atom is -0.472 e. The summed E-state index contributed by atoms with van der Waals surface area (Å²) in [5.74, 6) is -168. The molecule has 0 unspecified atom stereocenters. The largest absolute Gasteiger partial charge is 0.926 e. The molecule has 15 rings (SSSR count). The van der Waals surface area contributed by atoms with Crippen LogP contribution in [0.4, 0.5) is 198 Å². The molecule has 0 aliphatic carbocycles. The number of fused-ring (bicyclic) bond motifs is 3. The third-order valence-corrected chi connectivity index (χ3v) is 20.4. The first kappa shape index (κ1) is 95.6. The van der Waals surface area contributed by atoms with E-state index in [9.17, 15) is 0 Å². The Bertz CT molecular complexity index is 6280. The van der Waals surface area contributed by atoms with Crippen molar-refractivity contribution < 1.29 is 226 Å². The highest BCUT2D eigenvalue weighted by Gasteiger charge is 2.61. The minimum atomic E-state index is -5.91. The summed E-state index contributed by atoms with van der Waals surface area (Å²) in [6.45, 7) is 0. The molecule has 3 aromatic heterocycles. The lowest BCUT2D eigenvalue weighted by Crippen LogP contribution is -2.48. The van der Waals surface area contributed by atoms with Gasteiger partial charge in [-0.05, 0) is 54.6 Å². The van der Waals surface area contributed by atoms with Gasteiger partial charge in [-0.3, -0.25) is 0 Å². The summed E-state index contributed by atoms with van der Waals surface area (Å²) in [5, 5.41) is -4.24. The number of benzene rings is 12. The normalized spacial score (nSPS) is 12.2. The van der Waals surface area contributed by atoms with E-state index in [0.29, 0.717) is 18.2 Å². The van der Waals surface area contributed by atoms with Gasteiger partial charge >= 0.3 is 7.32 Å². The molecule has 15 aromatic rings. The zero-order chi connectivity index (χ0) is 100. The lowest BCUT2D eigenvalue weighted by Gasteiger charge is -2.37. The Morgan fingerprint density at radius 3 is 0.397 bits per heavy atom. The summed E-state index contributed by atoms with van der Waals surface area (Å²) in [5.41, 5.74) is -53.1. The van der Waals surface area contributed by atoms with E-state index >= 15 is 198 Å². The van der Waals surface area contributed by atoms with Gasteiger partial charge in [0.25, 0.3) is 0 Å². The van der Waals surface area contributed by atoms with Gasteiger partial charge in [0.2, 0.25) is 69.2 Å². The second-order valence-corrected chi connectivity index (χ2v) is 27.5. The van der Waals surface area contributed by atoms with Crippen LogP contribution in [-0.4, -0.2) is 21.5 Å². The van der Waals surface area contributed by atoms with Gasteiger partial charge < -0.3 is 28.5 Å². The smallest absolute Gasteiger partial charge is 0.472 e. The highest BCUT2D eigenvalue weighted by molar-refractivity contribution is 6.37. The van der Waals surface area contributed by atoms with Crippen LogP contribution >= 0.6 is 0 Å². The van der Waals surface area contributed by atoms with Crippen LogP contribution < -0.4 is 28.5 Å². The van der Waals surface area contributed by atoms with Crippen molar-refractivity contribution in [2.75, 3.05) is 0 Å². The number of ether oxygens (including phenoxy) is 3. The topological polar surface area (TPSA) is 70.2 Å². The van der Waals surface area contributed by atoms with Gasteiger partial charge in [-0.25, -0.2) is 212 Å². The van der Waals surface area contributed by atoms with Crippen LogP contribution in [0.1, 0.15) is 50.1 Å². The van der Waals surface area contributed by atoms with Crippen LogP contribution in [0.25, 0.3) is 32.7 Å². The molecule has 0 bridgehead atoms.